The van der Waals surface area contributed by atoms with Gasteiger partial charge in [-0.1, -0.05) is 41.6 Å². The Bertz CT molecular complexity index is 722. The largest absolute Gasteiger partial charge is 0.334 e. The molecule has 0 aliphatic rings. The van der Waals surface area contributed by atoms with Crippen LogP contribution >= 0.6 is 12.6 Å². The molecule has 1 heterocycles. The molecule has 0 amide bonds. The van der Waals surface area contributed by atoms with Crippen LogP contribution < -0.4 is 0 Å². The second kappa shape index (κ2) is 5.51. The number of thiol groups is 1. The molecule has 100 valence electrons. The zero-order valence-electron chi connectivity index (χ0n) is 11.1. The minimum atomic E-state index is 0.546. The molecule has 0 saturated carbocycles. The summed E-state index contributed by atoms with van der Waals surface area (Å²) in [5, 5.41) is 3.86. The molecule has 0 N–H and O–H groups in total. The Labute approximate surface area is 123 Å². The summed E-state index contributed by atoms with van der Waals surface area (Å²) in [4.78, 5) is 5.25. The van der Waals surface area contributed by atoms with E-state index in [2.05, 4.69) is 34.9 Å². The maximum absolute atomic E-state index is 5.29. The standard InChI is InChI=1S/C16H14N2OS/c1-11-17-16(19-18-11)13-8-5-9-15(20)14(13)10-12-6-3-2-4-7-12/h2-9,20H,10H2,1H3. The van der Waals surface area contributed by atoms with Gasteiger partial charge in [-0.15, -0.1) is 12.6 Å². The number of nitrogens with zero attached hydrogens (tertiary/aromatic N) is 2. The summed E-state index contributed by atoms with van der Waals surface area (Å²) in [6.07, 6.45) is 0.789. The predicted molar refractivity (Wildman–Crippen MR) is 81.0 cm³/mol. The van der Waals surface area contributed by atoms with Crippen molar-refractivity contribution in [1.29, 1.82) is 0 Å². The van der Waals surface area contributed by atoms with Gasteiger partial charge in [-0.25, -0.2) is 0 Å². The molecule has 0 atom stereocenters. The Morgan fingerprint density at radius 3 is 2.55 bits per heavy atom. The fraction of sp³-hybridized carbons (Fsp3) is 0.125. The molecular formula is C16H14N2OS. The SMILES string of the molecule is Cc1noc(-c2cccc(S)c2Cc2ccccc2)n1. The third-order valence-corrected chi connectivity index (χ3v) is 3.55. The molecule has 0 saturated heterocycles. The first kappa shape index (κ1) is 12.9. The van der Waals surface area contributed by atoms with Crippen LogP contribution in [0.1, 0.15) is 17.0 Å². The molecule has 2 aromatic carbocycles. The summed E-state index contributed by atoms with van der Waals surface area (Å²) in [5.74, 6) is 1.18. The molecule has 0 aliphatic heterocycles. The first-order valence-electron chi connectivity index (χ1n) is 6.39. The molecule has 1 aromatic heterocycles. The molecule has 3 nitrogen and oxygen atoms in total. The molecular weight excluding hydrogens is 268 g/mol. The molecule has 0 radical (unpaired) electrons. The van der Waals surface area contributed by atoms with Gasteiger partial charge in [0.25, 0.3) is 5.89 Å². The van der Waals surface area contributed by atoms with Crippen molar-refractivity contribution in [2.24, 2.45) is 0 Å². The van der Waals surface area contributed by atoms with Crippen molar-refractivity contribution >= 4 is 12.6 Å². The summed E-state index contributed by atoms with van der Waals surface area (Å²) in [7, 11) is 0. The maximum Gasteiger partial charge on any atom is 0.258 e. The highest BCUT2D eigenvalue weighted by Crippen LogP contribution is 2.29. The van der Waals surface area contributed by atoms with Crippen LogP contribution in [-0.2, 0) is 6.42 Å². The molecule has 3 aromatic rings. The summed E-state index contributed by atoms with van der Waals surface area (Å²) < 4.78 is 5.29. The van der Waals surface area contributed by atoms with Crippen LogP contribution in [0, 0.1) is 6.92 Å². The second-order valence-corrected chi connectivity index (χ2v) is 5.09. The van der Waals surface area contributed by atoms with Crippen LogP contribution in [0.2, 0.25) is 0 Å². The van der Waals surface area contributed by atoms with Gasteiger partial charge < -0.3 is 4.52 Å². The van der Waals surface area contributed by atoms with Crippen molar-refractivity contribution in [3.8, 4) is 11.5 Å². The third-order valence-electron chi connectivity index (χ3n) is 3.13. The van der Waals surface area contributed by atoms with E-state index in [0.29, 0.717) is 11.7 Å². The summed E-state index contributed by atoms with van der Waals surface area (Å²) >= 11 is 4.57. The highest BCUT2D eigenvalue weighted by molar-refractivity contribution is 7.80. The summed E-state index contributed by atoms with van der Waals surface area (Å²) in [6.45, 7) is 1.81. The van der Waals surface area contributed by atoms with Crippen LogP contribution in [0.3, 0.4) is 0 Å². The van der Waals surface area contributed by atoms with Gasteiger partial charge in [0.1, 0.15) is 0 Å². The number of hydrogen-bond acceptors (Lipinski definition) is 4. The van der Waals surface area contributed by atoms with Crippen LogP contribution in [0.15, 0.2) is 57.9 Å². The van der Waals surface area contributed by atoms with E-state index < -0.39 is 0 Å². The lowest BCUT2D eigenvalue weighted by molar-refractivity contribution is 0.425. The Balaban J connectivity index is 2.05. The fourth-order valence-corrected chi connectivity index (χ4v) is 2.45. The highest BCUT2D eigenvalue weighted by atomic mass is 32.1. The molecule has 4 heteroatoms. The number of hydrogen-bond donors (Lipinski definition) is 1. The Morgan fingerprint density at radius 1 is 1.05 bits per heavy atom. The van der Waals surface area contributed by atoms with Gasteiger partial charge in [0.05, 0.1) is 0 Å². The number of rotatable bonds is 3. The normalized spacial score (nSPS) is 10.7. The Morgan fingerprint density at radius 2 is 1.85 bits per heavy atom. The van der Waals surface area contributed by atoms with Crippen molar-refractivity contribution in [2.45, 2.75) is 18.2 Å². The third kappa shape index (κ3) is 2.60. The Kier molecular flexibility index (Phi) is 3.56. The second-order valence-electron chi connectivity index (χ2n) is 4.61. The van der Waals surface area contributed by atoms with Crippen LogP contribution in [0.25, 0.3) is 11.5 Å². The van der Waals surface area contributed by atoms with E-state index in [-0.39, 0.29) is 0 Å². The van der Waals surface area contributed by atoms with E-state index in [9.17, 15) is 0 Å². The van der Waals surface area contributed by atoms with E-state index in [1.54, 1.807) is 0 Å². The highest BCUT2D eigenvalue weighted by Gasteiger charge is 2.14. The minimum Gasteiger partial charge on any atom is -0.334 e. The fourth-order valence-electron chi connectivity index (χ4n) is 2.17. The van der Waals surface area contributed by atoms with Crippen LogP contribution in [-0.4, -0.2) is 10.1 Å². The molecule has 3 rings (SSSR count). The van der Waals surface area contributed by atoms with Crippen molar-refractivity contribution < 1.29 is 4.52 Å². The quantitative estimate of drug-likeness (QED) is 0.740. The average Bonchev–Trinajstić information content (AvgIpc) is 2.89. The summed E-state index contributed by atoms with van der Waals surface area (Å²) in [6, 6.07) is 16.2. The lowest BCUT2D eigenvalue weighted by atomic mass is 9.99. The topological polar surface area (TPSA) is 38.9 Å². The molecule has 0 fully saturated rings. The van der Waals surface area contributed by atoms with Gasteiger partial charge in [-0.3, -0.25) is 0 Å². The van der Waals surface area contributed by atoms with Gasteiger partial charge in [-0.05, 0) is 36.6 Å². The van der Waals surface area contributed by atoms with E-state index in [4.69, 9.17) is 4.52 Å². The lowest BCUT2D eigenvalue weighted by Crippen LogP contribution is -1.94. The van der Waals surface area contributed by atoms with Crippen molar-refractivity contribution in [3.63, 3.8) is 0 Å². The number of aromatic nitrogens is 2. The van der Waals surface area contributed by atoms with Crippen molar-refractivity contribution in [2.75, 3.05) is 0 Å². The zero-order valence-corrected chi connectivity index (χ0v) is 12.0. The van der Waals surface area contributed by atoms with E-state index >= 15 is 0 Å². The number of aryl methyl sites for hydroxylation is 1. The van der Waals surface area contributed by atoms with Crippen LogP contribution in [0.4, 0.5) is 0 Å². The van der Waals surface area contributed by atoms with E-state index in [1.807, 2.05) is 43.3 Å². The van der Waals surface area contributed by atoms with Gasteiger partial charge in [0.2, 0.25) is 0 Å². The average molecular weight is 282 g/mol. The molecule has 0 unspecified atom stereocenters. The lowest BCUT2D eigenvalue weighted by Gasteiger charge is -2.09. The van der Waals surface area contributed by atoms with Gasteiger partial charge >= 0.3 is 0 Å². The first-order valence-corrected chi connectivity index (χ1v) is 6.84. The van der Waals surface area contributed by atoms with Crippen molar-refractivity contribution in [3.05, 3.63) is 65.5 Å². The van der Waals surface area contributed by atoms with Gasteiger partial charge in [0.15, 0.2) is 5.82 Å². The monoisotopic (exact) mass is 282 g/mol. The molecule has 0 bridgehead atoms. The number of benzene rings is 2. The summed E-state index contributed by atoms with van der Waals surface area (Å²) in [5.41, 5.74) is 3.28. The van der Waals surface area contributed by atoms with Crippen LogP contribution in [0.5, 0.6) is 0 Å². The smallest absolute Gasteiger partial charge is 0.258 e. The van der Waals surface area contributed by atoms with E-state index in [1.165, 1.54) is 5.56 Å². The first-order chi connectivity index (χ1) is 9.74. The molecule has 0 spiro atoms. The Hall–Kier alpha value is -2.07. The maximum atomic E-state index is 5.29. The molecule has 0 aliphatic carbocycles. The molecule has 20 heavy (non-hydrogen) atoms. The van der Waals surface area contributed by atoms with Gasteiger partial charge in [0, 0.05) is 10.5 Å². The predicted octanol–water partition coefficient (Wildman–Crippen LogP) is 3.92. The minimum absolute atomic E-state index is 0.546. The van der Waals surface area contributed by atoms with Gasteiger partial charge in [-0.2, -0.15) is 4.98 Å². The van der Waals surface area contributed by atoms with Crippen molar-refractivity contribution in [1.82, 2.24) is 10.1 Å². The zero-order chi connectivity index (χ0) is 13.9. The van der Waals surface area contributed by atoms with E-state index in [0.717, 1.165) is 22.4 Å².